The van der Waals surface area contributed by atoms with E-state index in [0.29, 0.717) is 16.2 Å². The number of halogens is 1. The molecule has 0 bridgehead atoms. The fourth-order valence-electron chi connectivity index (χ4n) is 3.84. The Bertz CT molecular complexity index is 997. The van der Waals surface area contributed by atoms with Crippen LogP contribution >= 0.6 is 11.6 Å². The van der Waals surface area contributed by atoms with E-state index in [1.807, 2.05) is 19.1 Å². The summed E-state index contributed by atoms with van der Waals surface area (Å²) in [5.41, 5.74) is 5.91. The Kier molecular flexibility index (Phi) is 4.72. The van der Waals surface area contributed by atoms with Gasteiger partial charge in [0.15, 0.2) is 17.2 Å². The van der Waals surface area contributed by atoms with Gasteiger partial charge < -0.3 is 25.8 Å². The molecule has 0 amide bonds. The lowest BCUT2D eigenvalue weighted by Crippen LogP contribution is -2.49. The summed E-state index contributed by atoms with van der Waals surface area (Å²) in [5.74, 6) is -0.288. The molecule has 5 N–H and O–H groups in total. The normalized spacial score (nSPS) is 28.7. The van der Waals surface area contributed by atoms with Crippen LogP contribution in [-0.2, 0) is 10.5 Å². The number of imidazole rings is 1. The summed E-state index contributed by atoms with van der Waals surface area (Å²) in [6.07, 6.45) is -0.933. The van der Waals surface area contributed by atoms with Crippen LogP contribution in [0.3, 0.4) is 0 Å². The van der Waals surface area contributed by atoms with E-state index in [1.54, 1.807) is 16.7 Å². The van der Waals surface area contributed by atoms with E-state index in [2.05, 4.69) is 15.0 Å². The molecule has 0 aliphatic carbocycles. The van der Waals surface area contributed by atoms with Gasteiger partial charge in [0.25, 0.3) is 0 Å². The molecule has 2 aromatic heterocycles. The smallest absolute Gasteiger partial charge is 0.183 e. The molecule has 0 radical (unpaired) electrons. The van der Waals surface area contributed by atoms with Gasteiger partial charge in [-0.2, -0.15) is 0 Å². The maximum absolute atomic E-state index is 11.1. The van der Waals surface area contributed by atoms with E-state index < -0.39 is 36.6 Å². The zero-order chi connectivity index (χ0) is 20.1. The van der Waals surface area contributed by atoms with Crippen LogP contribution in [-0.4, -0.2) is 59.8 Å². The molecule has 3 aromatic rings. The number of benzene rings is 1. The van der Waals surface area contributed by atoms with Crippen LogP contribution in [0.1, 0.15) is 18.4 Å². The number of ether oxygens (including phenoxy) is 1. The van der Waals surface area contributed by atoms with Gasteiger partial charge in [0.05, 0.1) is 12.9 Å². The second-order valence-electron chi connectivity index (χ2n) is 6.85. The summed E-state index contributed by atoms with van der Waals surface area (Å²) in [6, 6.07) is 7.08. The first-order valence-electron chi connectivity index (χ1n) is 8.74. The monoisotopic (exact) mass is 405 g/mol. The molecule has 1 saturated heterocycles. The lowest BCUT2D eigenvalue weighted by molar-refractivity contribution is -0.159. The van der Waals surface area contributed by atoms with Crippen molar-refractivity contribution >= 4 is 28.6 Å². The van der Waals surface area contributed by atoms with Gasteiger partial charge in [-0.15, -0.1) is 0 Å². The maximum Gasteiger partial charge on any atom is 0.183 e. The van der Waals surface area contributed by atoms with E-state index in [0.717, 1.165) is 5.56 Å². The zero-order valence-corrected chi connectivity index (χ0v) is 15.7. The van der Waals surface area contributed by atoms with Gasteiger partial charge in [-0.3, -0.25) is 4.57 Å². The van der Waals surface area contributed by atoms with Crippen molar-refractivity contribution in [2.45, 2.75) is 36.9 Å². The average Bonchev–Trinajstić information content (AvgIpc) is 3.24. The predicted molar refractivity (Wildman–Crippen MR) is 102 cm³/mol. The first kappa shape index (κ1) is 19.0. The third-order valence-corrected chi connectivity index (χ3v) is 5.63. The highest BCUT2D eigenvalue weighted by atomic mass is 35.5. The fraction of sp³-hybridized carbons (Fsp3) is 0.389. The number of rotatable bonds is 4. The largest absolute Gasteiger partial charge is 0.394 e. The van der Waals surface area contributed by atoms with Crippen molar-refractivity contribution in [3.05, 3.63) is 47.5 Å². The van der Waals surface area contributed by atoms with Crippen molar-refractivity contribution in [2.75, 3.05) is 12.3 Å². The second-order valence-corrected chi connectivity index (χ2v) is 7.28. The number of nitrogen functional groups attached to an aromatic ring is 1. The van der Waals surface area contributed by atoms with Crippen molar-refractivity contribution in [3.8, 4) is 0 Å². The minimum atomic E-state index is -1.49. The van der Waals surface area contributed by atoms with Crippen LogP contribution < -0.4 is 5.73 Å². The van der Waals surface area contributed by atoms with Crippen molar-refractivity contribution in [1.29, 1.82) is 0 Å². The number of fused-ring (bicyclic) bond motifs is 1. The van der Waals surface area contributed by atoms with Crippen molar-refractivity contribution in [3.63, 3.8) is 0 Å². The Morgan fingerprint density at radius 2 is 1.96 bits per heavy atom. The van der Waals surface area contributed by atoms with Gasteiger partial charge in [0.2, 0.25) is 0 Å². The van der Waals surface area contributed by atoms with Gasteiger partial charge in [-0.1, -0.05) is 30.7 Å². The third kappa shape index (κ3) is 2.66. The van der Waals surface area contributed by atoms with Crippen LogP contribution in [0.2, 0.25) is 5.02 Å². The van der Waals surface area contributed by atoms with Crippen LogP contribution in [0.5, 0.6) is 0 Å². The van der Waals surface area contributed by atoms with E-state index in [1.165, 1.54) is 12.7 Å². The molecular weight excluding hydrogens is 386 g/mol. The minimum absolute atomic E-state index is 0.185. The van der Waals surface area contributed by atoms with Gasteiger partial charge >= 0.3 is 0 Å². The summed E-state index contributed by atoms with van der Waals surface area (Å²) < 4.78 is 7.65. The quantitative estimate of drug-likeness (QED) is 0.495. The molecule has 1 aliphatic heterocycles. The van der Waals surface area contributed by atoms with Crippen molar-refractivity contribution < 1.29 is 20.1 Å². The van der Waals surface area contributed by atoms with Gasteiger partial charge in [0, 0.05) is 10.9 Å². The van der Waals surface area contributed by atoms with Gasteiger partial charge in [-0.25, -0.2) is 15.0 Å². The molecule has 148 valence electrons. The number of aliphatic hydroxyl groups excluding tert-OH is 3. The highest BCUT2D eigenvalue weighted by Crippen LogP contribution is 2.47. The molecular formula is C18H20ClN5O4. The highest BCUT2D eigenvalue weighted by Gasteiger charge is 2.59. The molecule has 3 heterocycles. The molecule has 4 rings (SSSR count). The predicted octanol–water partition coefficient (Wildman–Crippen LogP) is 0.631. The summed E-state index contributed by atoms with van der Waals surface area (Å²) >= 11 is 6.00. The first-order valence-corrected chi connectivity index (χ1v) is 9.12. The molecule has 28 heavy (non-hydrogen) atoms. The molecule has 5 atom stereocenters. The SMILES string of the molecule is C[C@@H](c1ccc(Cl)cc1)[C@@]1(n2cnc3c(N)ncnc32)O[C@H](CO)[C@@H](O)[C@H]1O. The summed E-state index contributed by atoms with van der Waals surface area (Å²) in [7, 11) is 0. The second kappa shape index (κ2) is 6.94. The number of nitrogens with two attached hydrogens (primary N) is 1. The molecule has 1 aliphatic rings. The van der Waals surface area contributed by atoms with E-state index >= 15 is 0 Å². The number of nitrogens with zero attached hydrogens (tertiary/aromatic N) is 4. The molecule has 10 heteroatoms. The standard InChI is InChI=1S/C18H20ClN5O4/c1-9(10-2-4-11(19)5-3-10)18(15(27)14(26)12(6-25)28-18)24-8-23-13-16(20)21-7-22-17(13)24/h2-5,7-9,12,14-15,25-27H,6H2,1H3,(H2,20,21,22)/t9-,12+,14+,15+,18+/m0/s1. The van der Waals surface area contributed by atoms with Crippen LogP contribution in [0, 0.1) is 0 Å². The fourth-order valence-corrected chi connectivity index (χ4v) is 3.97. The Morgan fingerprint density at radius 1 is 1.25 bits per heavy atom. The average molecular weight is 406 g/mol. The number of anilines is 1. The van der Waals surface area contributed by atoms with Gasteiger partial charge in [0.1, 0.15) is 30.2 Å². The molecule has 0 spiro atoms. The zero-order valence-electron chi connectivity index (χ0n) is 15.0. The molecule has 0 unspecified atom stereocenters. The van der Waals surface area contributed by atoms with Crippen LogP contribution in [0.15, 0.2) is 36.9 Å². The number of aromatic nitrogens is 4. The van der Waals surface area contributed by atoms with E-state index in [-0.39, 0.29) is 5.82 Å². The van der Waals surface area contributed by atoms with E-state index in [4.69, 9.17) is 22.1 Å². The van der Waals surface area contributed by atoms with Gasteiger partial charge in [-0.05, 0) is 17.7 Å². The van der Waals surface area contributed by atoms with Crippen LogP contribution in [0.25, 0.3) is 11.2 Å². The summed E-state index contributed by atoms with van der Waals surface area (Å²) in [4.78, 5) is 12.4. The molecule has 0 saturated carbocycles. The Labute approximate surface area is 165 Å². The third-order valence-electron chi connectivity index (χ3n) is 5.38. The molecule has 9 nitrogen and oxygen atoms in total. The number of hydrogen-bond acceptors (Lipinski definition) is 8. The first-order chi connectivity index (χ1) is 13.4. The number of aliphatic hydroxyl groups is 3. The Hall–Kier alpha value is -2.30. The lowest BCUT2D eigenvalue weighted by Gasteiger charge is -2.39. The maximum atomic E-state index is 11.1. The molecule has 1 aromatic carbocycles. The van der Waals surface area contributed by atoms with Crippen molar-refractivity contribution in [2.24, 2.45) is 0 Å². The Morgan fingerprint density at radius 3 is 2.61 bits per heavy atom. The molecule has 1 fully saturated rings. The van der Waals surface area contributed by atoms with E-state index in [9.17, 15) is 15.3 Å². The van der Waals surface area contributed by atoms with Crippen molar-refractivity contribution in [1.82, 2.24) is 19.5 Å². The minimum Gasteiger partial charge on any atom is -0.394 e. The highest BCUT2D eigenvalue weighted by molar-refractivity contribution is 6.30. The lowest BCUT2D eigenvalue weighted by atomic mass is 9.85. The summed E-state index contributed by atoms with van der Waals surface area (Å²) in [5, 5.41) is 31.8. The summed E-state index contributed by atoms with van der Waals surface area (Å²) in [6.45, 7) is 1.38. The number of hydrogen-bond donors (Lipinski definition) is 4. The Balaban J connectivity index is 1.94. The van der Waals surface area contributed by atoms with Crippen LogP contribution in [0.4, 0.5) is 5.82 Å². The topological polar surface area (TPSA) is 140 Å².